The molecule has 0 radical (unpaired) electrons. The number of nitrogens with two attached hydrogens (primary N) is 1. The van der Waals surface area contributed by atoms with E-state index in [2.05, 4.69) is 25.8 Å². The molecule has 1 aromatic carbocycles. The van der Waals surface area contributed by atoms with E-state index in [1.165, 1.54) is 31.7 Å². The molecule has 21 heavy (non-hydrogen) atoms. The molecule has 0 bridgehead atoms. The molecular weight excluding hydrogens is 283 g/mol. The van der Waals surface area contributed by atoms with Crippen molar-refractivity contribution in [2.75, 3.05) is 7.05 Å². The average molecular weight is 308 g/mol. The molecule has 0 aromatic heterocycles. The first-order chi connectivity index (χ1) is 9.78. The zero-order chi connectivity index (χ0) is 15.6. The quantitative estimate of drug-likeness (QED) is 0.856. The fraction of sp³-hybridized carbons (Fsp3) is 0.588. The first kappa shape index (κ1) is 16.4. The molecule has 1 aromatic rings. The lowest BCUT2D eigenvalue weighted by atomic mass is 9.75. The molecule has 0 atom stereocenters. The molecule has 1 fully saturated rings. The number of rotatable bonds is 4. The molecule has 1 aliphatic rings. The Kier molecular flexibility index (Phi) is 4.99. The van der Waals surface area contributed by atoms with Gasteiger partial charge in [0.25, 0.3) is 0 Å². The van der Waals surface area contributed by atoms with E-state index in [-0.39, 0.29) is 10.8 Å². The van der Waals surface area contributed by atoms with Crippen LogP contribution in [0.25, 0.3) is 0 Å². The fourth-order valence-corrected chi connectivity index (χ4v) is 3.26. The van der Waals surface area contributed by atoms with Crippen LogP contribution in [0.1, 0.15) is 50.7 Å². The molecular formula is C17H25FN2S. The minimum Gasteiger partial charge on any atom is -0.389 e. The van der Waals surface area contributed by atoms with E-state index in [4.69, 9.17) is 18.0 Å². The van der Waals surface area contributed by atoms with Gasteiger partial charge >= 0.3 is 0 Å². The van der Waals surface area contributed by atoms with Gasteiger partial charge in [0.15, 0.2) is 0 Å². The van der Waals surface area contributed by atoms with Crippen LogP contribution in [0, 0.1) is 11.2 Å². The van der Waals surface area contributed by atoms with Crippen molar-refractivity contribution in [2.24, 2.45) is 11.1 Å². The van der Waals surface area contributed by atoms with Crippen molar-refractivity contribution in [3.05, 3.63) is 35.1 Å². The monoisotopic (exact) mass is 308 g/mol. The SMILES string of the molecule is CN(Cc1ccc(F)c(C(N)=S)c1)C1CCC(C)(C)CC1. The first-order valence-electron chi connectivity index (χ1n) is 7.57. The van der Waals surface area contributed by atoms with Gasteiger partial charge in [-0.2, -0.15) is 0 Å². The van der Waals surface area contributed by atoms with Crippen LogP contribution < -0.4 is 5.73 Å². The Morgan fingerprint density at radius 2 is 2.00 bits per heavy atom. The molecule has 0 spiro atoms. The maximum absolute atomic E-state index is 13.6. The van der Waals surface area contributed by atoms with Gasteiger partial charge in [-0.05, 0) is 55.8 Å². The van der Waals surface area contributed by atoms with Crippen molar-refractivity contribution < 1.29 is 4.39 Å². The van der Waals surface area contributed by atoms with E-state index in [0.717, 1.165) is 12.1 Å². The summed E-state index contributed by atoms with van der Waals surface area (Å²) in [5, 5.41) is 0. The molecule has 2 rings (SSSR count). The number of halogens is 1. The Labute approximate surface area is 132 Å². The molecule has 1 aliphatic carbocycles. The van der Waals surface area contributed by atoms with Gasteiger partial charge in [-0.3, -0.25) is 4.90 Å². The highest BCUT2D eigenvalue weighted by molar-refractivity contribution is 7.80. The van der Waals surface area contributed by atoms with Gasteiger partial charge in [-0.25, -0.2) is 4.39 Å². The second kappa shape index (κ2) is 6.41. The van der Waals surface area contributed by atoms with Crippen LogP contribution in [-0.4, -0.2) is 23.0 Å². The molecule has 0 saturated heterocycles. The summed E-state index contributed by atoms with van der Waals surface area (Å²) >= 11 is 4.90. The topological polar surface area (TPSA) is 29.3 Å². The van der Waals surface area contributed by atoms with E-state index in [1.807, 2.05) is 6.07 Å². The third-order valence-electron chi connectivity index (χ3n) is 4.66. The number of nitrogens with zero attached hydrogens (tertiary/aromatic N) is 1. The van der Waals surface area contributed by atoms with Crippen molar-refractivity contribution in [3.63, 3.8) is 0 Å². The van der Waals surface area contributed by atoms with Crippen molar-refractivity contribution in [3.8, 4) is 0 Å². The minimum atomic E-state index is -0.340. The highest BCUT2D eigenvalue weighted by Gasteiger charge is 2.28. The van der Waals surface area contributed by atoms with Gasteiger partial charge in [-0.1, -0.05) is 32.1 Å². The predicted molar refractivity (Wildman–Crippen MR) is 89.8 cm³/mol. The van der Waals surface area contributed by atoms with Crippen molar-refractivity contribution >= 4 is 17.2 Å². The minimum absolute atomic E-state index is 0.122. The Bertz CT molecular complexity index is 518. The maximum Gasteiger partial charge on any atom is 0.133 e. The Morgan fingerprint density at radius 1 is 1.38 bits per heavy atom. The highest BCUT2D eigenvalue weighted by atomic mass is 32.1. The zero-order valence-electron chi connectivity index (χ0n) is 13.2. The van der Waals surface area contributed by atoms with Gasteiger partial charge < -0.3 is 5.73 Å². The van der Waals surface area contributed by atoms with Gasteiger partial charge in [0.05, 0.1) is 0 Å². The van der Waals surface area contributed by atoms with Crippen LogP contribution in [-0.2, 0) is 6.54 Å². The largest absolute Gasteiger partial charge is 0.389 e. The number of thiocarbonyl (C=S) groups is 1. The number of benzene rings is 1. The van der Waals surface area contributed by atoms with E-state index >= 15 is 0 Å². The lowest BCUT2D eigenvalue weighted by Crippen LogP contribution is -2.36. The summed E-state index contributed by atoms with van der Waals surface area (Å²) in [7, 11) is 2.15. The van der Waals surface area contributed by atoms with E-state index < -0.39 is 0 Å². The highest BCUT2D eigenvalue weighted by Crippen LogP contribution is 2.36. The summed E-state index contributed by atoms with van der Waals surface area (Å²) in [6, 6.07) is 5.67. The average Bonchev–Trinajstić information content (AvgIpc) is 2.40. The lowest BCUT2D eigenvalue weighted by Gasteiger charge is -2.38. The Morgan fingerprint density at radius 3 is 2.57 bits per heavy atom. The molecule has 0 unspecified atom stereocenters. The Balaban J connectivity index is 2.01. The summed E-state index contributed by atoms with van der Waals surface area (Å²) in [6.45, 7) is 5.50. The summed E-state index contributed by atoms with van der Waals surface area (Å²) in [5.41, 5.74) is 7.45. The molecule has 116 valence electrons. The van der Waals surface area contributed by atoms with Crippen LogP contribution in [0.2, 0.25) is 0 Å². The van der Waals surface area contributed by atoms with Gasteiger partial charge in [-0.15, -0.1) is 0 Å². The summed E-state index contributed by atoms with van der Waals surface area (Å²) in [4.78, 5) is 2.49. The van der Waals surface area contributed by atoms with Crippen LogP contribution in [0.3, 0.4) is 0 Å². The van der Waals surface area contributed by atoms with Crippen LogP contribution in [0.4, 0.5) is 4.39 Å². The lowest BCUT2D eigenvalue weighted by molar-refractivity contribution is 0.123. The zero-order valence-corrected chi connectivity index (χ0v) is 14.0. The molecule has 1 saturated carbocycles. The van der Waals surface area contributed by atoms with Gasteiger partial charge in [0, 0.05) is 18.2 Å². The maximum atomic E-state index is 13.6. The van der Waals surface area contributed by atoms with Crippen LogP contribution >= 0.6 is 12.2 Å². The van der Waals surface area contributed by atoms with Gasteiger partial charge in [0.1, 0.15) is 10.8 Å². The molecule has 4 heteroatoms. The smallest absolute Gasteiger partial charge is 0.133 e. The van der Waals surface area contributed by atoms with Crippen LogP contribution in [0.15, 0.2) is 18.2 Å². The Hall–Kier alpha value is -1.00. The molecule has 2 N–H and O–H groups in total. The summed E-state index contributed by atoms with van der Waals surface area (Å²) in [6.07, 6.45) is 4.99. The molecule has 0 amide bonds. The number of hydrogen-bond acceptors (Lipinski definition) is 2. The third-order valence-corrected chi connectivity index (χ3v) is 4.88. The standard InChI is InChI=1S/C17H25FN2S/c1-17(2)8-6-13(7-9-17)20(3)11-12-4-5-15(18)14(10-12)16(19)21/h4-5,10,13H,6-9,11H2,1-3H3,(H2,19,21). The fourth-order valence-electron chi connectivity index (χ4n) is 3.10. The second-order valence-corrected chi connectivity index (χ2v) is 7.43. The number of hydrogen-bond donors (Lipinski definition) is 1. The van der Waals surface area contributed by atoms with Crippen molar-refractivity contribution in [2.45, 2.75) is 52.1 Å². The summed E-state index contributed by atoms with van der Waals surface area (Å²) in [5.74, 6) is -0.340. The second-order valence-electron chi connectivity index (χ2n) is 6.99. The molecule has 2 nitrogen and oxygen atoms in total. The van der Waals surface area contributed by atoms with E-state index in [9.17, 15) is 4.39 Å². The third kappa shape index (κ3) is 4.24. The predicted octanol–water partition coefficient (Wildman–Crippen LogP) is 3.86. The van der Waals surface area contributed by atoms with Crippen LogP contribution in [0.5, 0.6) is 0 Å². The molecule has 0 aliphatic heterocycles. The van der Waals surface area contributed by atoms with Crippen molar-refractivity contribution in [1.82, 2.24) is 4.90 Å². The van der Waals surface area contributed by atoms with Crippen molar-refractivity contribution in [1.29, 1.82) is 0 Å². The van der Waals surface area contributed by atoms with Gasteiger partial charge in [0.2, 0.25) is 0 Å². The molecule has 0 heterocycles. The summed E-state index contributed by atoms with van der Waals surface area (Å²) < 4.78 is 13.6. The van der Waals surface area contributed by atoms with E-state index in [1.54, 1.807) is 6.07 Å². The normalized spacial score (nSPS) is 18.9. The van der Waals surface area contributed by atoms with E-state index in [0.29, 0.717) is 17.0 Å². The first-order valence-corrected chi connectivity index (χ1v) is 7.98.